The van der Waals surface area contributed by atoms with E-state index in [1.54, 1.807) is 7.11 Å². The Kier molecular flexibility index (Phi) is 6.03. The predicted molar refractivity (Wildman–Crippen MR) is 106 cm³/mol. The molecule has 0 aliphatic rings. The van der Waals surface area contributed by atoms with Crippen LogP contribution in [0.3, 0.4) is 0 Å². The summed E-state index contributed by atoms with van der Waals surface area (Å²) >= 11 is 0. The molecule has 2 aromatic carbocycles. The third-order valence-electron chi connectivity index (χ3n) is 4.49. The Morgan fingerprint density at radius 3 is 2.17 bits per heavy atom. The Labute approximate surface area is 146 Å². The van der Waals surface area contributed by atoms with E-state index in [4.69, 9.17) is 4.74 Å². The number of benzene rings is 2. The molecule has 0 spiro atoms. The lowest BCUT2D eigenvalue weighted by molar-refractivity contribution is 0.414. The van der Waals surface area contributed by atoms with Gasteiger partial charge in [0.15, 0.2) is 0 Å². The zero-order valence-corrected chi connectivity index (χ0v) is 15.7. The predicted octanol–water partition coefficient (Wildman–Crippen LogP) is 6.52. The van der Waals surface area contributed by atoms with E-state index in [9.17, 15) is 0 Å². The van der Waals surface area contributed by atoms with E-state index in [0.717, 1.165) is 12.2 Å². The summed E-state index contributed by atoms with van der Waals surface area (Å²) in [4.78, 5) is 0. The van der Waals surface area contributed by atoms with E-state index < -0.39 is 0 Å². The molecule has 0 aliphatic heterocycles. The molecule has 0 saturated carbocycles. The van der Waals surface area contributed by atoms with E-state index in [1.165, 1.54) is 39.0 Å². The number of hydrogen-bond acceptors (Lipinski definition) is 1. The SMILES string of the molecule is CC=C(/C=C(/CC)c1ccc(OC)cc1C)c1ccc(C)cc1C. The fraction of sp³-hybridized carbons (Fsp3) is 0.304. The highest BCUT2D eigenvalue weighted by Crippen LogP contribution is 2.30. The summed E-state index contributed by atoms with van der Waals surface area (Å²) in [5.74, 6) is 0.910. The van der Waals surface area contributed by atoms with Crippen LogP contribution in [0, 0.1) is 20.8 Å². The van der Waals surface area contributed by atoms with Crippen LogP contribution >= 0.6 is 0 Å². The summed E-state index contributed by atoms with van der Waals surface area (Å²) in [6, 6.07) is 13.0. The first-order valence-electron chi connectivity index (χ1n) is 8.59. The molecule has 2 rings (SSSR count). The average molecular weight is 320 g/mol. The molecule has 0 aliphatic carbocycles. The molecule has 0 atom stereocenters. The smallest absolute Gasteiger partial charge is 0.119 e. The first-order valence-corrected chi connectivity index (χ1v) is 8.59. The number of methoxy groups -OCH3 is 1. The molecule has 0 heterocycles. The highest BCUT2D eigenvalue weighted by atomic mass is 16.5. The maximum absolute atomic E-state index is 5.33. The van der Waals surface area contributed by atoms with Gasteiger partial charge in [0.2, 0.25) is 0 Å². The van der Waals surface area contributed by atoms with Gasteiger partial charge < -0.3 is 4.74 Å². The van der Waals surface area contributed by atoms with Gasteiger partial charge in [-0.3, -0.25) is 0 Å². The number of rotatable bonds is 5. The molecule has 1 nitrogen and oxygen atoms in total. The van der Waals surface area contributed by atoms with E-state index in [-0.39, 0.29) is 0 Å². The van der Waals surface area contributed by atoms with Crippen molar-refractivity contribution in [2.24, 2.45) is 0 Å². The molecule has 0 bridgehead atoms. The van der Waals surface area contributed by atoms with Crippen molar-refractivity contribution in [1.29, 1.82) is 0 Å². The van der Waals surface area contributed by atoms with Crippen LogP contribution in [0.1, 0.15) is 48.1 Å². The molecule has 0 aromatic heterocycles. The second-order valence-corrected chi connectivity index (χ2v) is 6.27. The fourth-order valence-corrected chi connectivity index (χ4v) is 3.14. The van der Waals surface area contributed by atoms with Gasteiger partial charge >= 0.3 is 0 Å². The quantitative estimate of drug-likeness (QED) is 0.570. The first kappa shape index (κ1) is 18.1. The average Bonchev–Trinajstić information content (AvgIpc) is 2.57. The number of aryl methyl sites for hydroxylation is 3. The van der Waals surface area contributed by atoms with Crippen molar-refractivity contribution in [3.05, 3.63) is 76.4 Å². The highest BCUT2D eigenvalue weighted by molar-refractivity contribution is 5.85. The molecule has 0 amide bonds. The third-order valence-corrected chi connectivity index (χ3v) is 4.49. The Morgan fingerprint density at radius 2 is 1.62 bits per heavy atom. The summed E-state index contributed by atoms with van der Waals surface area (Å²) in [6.45, 7) is 10.8. The van der Waals surface area contributed by atoms with Crippen LogP contribution in [0.4, 0.5) is 0 Å². The maximum atomic E-state index is 5.33. The molecule has 0 unspecified atom stereocenters. The van der Waals surface area contributed by atoms with Crippen LogP contribution in [0.15, 0.2) is 48.6 Å². The minimum atomic E-state index is 0.910. The topological polar surface area (TPSA) is 9.23 Å². The van der Waals surface area contributed by atoms with Crippen LogP contribution < -0.4 is 4.74 Å². The first-order chi connectivity index (χ1) is 11.5. The zero-order chi connectivity index (χ0) is 17.7. The summed E-state index contributed by atoms with van der Waals surface area (Å²) in [6.07, 6.45) is 5.52. The molecule has 0 N–H and O–H groups in total. The lowest BCUT2D eigenvalue weighted by Gasteiger charge is -2.14. The Balaban J connectivity index is 2.48. The second kappa shape index (κ2) is 8.01. The van der Waals surface area contributed by atoms with Gasteiger partial charge in [0.05, 0.1) is 7.11 Å². The molecule has 0 saturated heterocycles. The standard InChI is InChI=1S/C23H28O/c1-7-19(22-11-9-16(3)13-17(22)4)15-20(8-2)23-12-10-21(24-6)14-18(23)5/h7,9-15H,8H2,1-6H3/b19-7?,20-15-. The summed E-state index contributed by atoms with van der Waals surface area (Å²) in [5, 5.41) is 0. The van der Waals surface area contributed by atoms with Gasteiger partial charge in [0.1, 0.15) is 5.75 Å². The van der Waals surface area contributed by atoms with Gasteiger partial charge in [-0.05, 0) is 79.6 Å². The van der Waals surface area contributed by atoms with Crippen molar-refractivity contribution in [2.75, 3.05) is 7.11 Å². The van der Waals surface area contributed by atoms with Gasteiger partial charge in [-0.25, -0.2) is 0 Å². The largest absolute Gasteiger partial charge is 0.497 e. The van der Waals surface area contributed by atoms with Crippen molar-refractivity contribution in [3.8, 4) is 5.75 Å². The van der Waals surface area contributed by atoms with Crippen LogP contribution in [0.25, 0.3) is 11.1 Å². The lowest BCUT2D eigenvalue weighted by atomic mass is 9.92. The Bertz CT molecular complexity index is 779. The maximum Gasteiger partial charge on any atom is 0.119 e. The van der Waals surface area contributed by atoms with Gasteiger partial charge in [-0.1, -0.05) is 48.9 Å². The Morgan fingerprint density at radius 1 is 0.958 bits per heavy atom. The normalized spacial score (nSPS) is 12.4. The molecular formula is C23H28O. The summed E-state index contributed by atoms with van der Waals surface area (Å²) < 4.78 is 5.33. The van der Waals surface area contributed by atoms with E-state index in [1.807, 2.05) is 6.07 Å². The zero-order valence-electron chi connectivity index (χ0n) is 15.7. The van der Waals surface area contributed by atoms with Crippen molar-refractivity contribution in [2.45, 2.75) is 41.0 Å². The highest BCUT2D eigenvalue weighted by Gasteiger charge is 2.08. The van der Waals surface area contributed by atoms with Gasteiger partial charge in [-0.2, -0.15) is 0 Å². The van der Waals surface area contributed by atoms with Gasteiger partial charge in [-0.15, -0.1) is 0 Å². The van der Waals surface area contributed by atoms with Gasteiger partial charge in [0, 0.05) is 0 Å². The summed E-state index contributed by atoms with van der Waals surface area (Å²) in [7, 11) is 1.71. The molecule has 126 valence electrons. The molecule has 24 heavy (non-hydrogen) atoms. The van der Waals surface area contributed by atoms with E-state index in [2.05, 4.69) is 77.1 Å². The van der Waals surface area contributed by atoms with Crippen LogP contribution in [0.5, 0.6) is 5.75 Å². The lowest BCUT2D eigenvalue weighted by Crippen LogP contribution is -1.93. The minimum absolute atomic E-state index is 0.910. The van der Waals surface area contributed by atoms with Crippen LogP contribution in [0.2, 0.25) is 0 Å². The van der Waals surface area contributed by atoms with Crippen LogP contribution in [-0.4, -0.2) is 7.11 Å². The molecule has 0 fully saturated rings. The van der Waals surface area contributed by atoms with Crippen LogP contribution in [-0.2, 0) is 0 Å². The second-order valence-electron chi connectivity index (χ2n) is 6.27. The minimum Gasteiger partial charge on any atom is -0.497 e. The van der Waals surface area contributed by atoms with Crippen molar-refractivity contribution >= 4 is 11.1 Å². The van der Waals surface area contributed by atoms with Crippen molar-refractivity contribution in [3.63, 3.8) is 0 Å². The van der Waals surface area contributed by atoms with Crippen molar-refractivity contribution < 1.29 is 4.74 Å². The van der Waals surface area contributed by atoms with E-state index in [0.29, 0.717) is 0 Å². The number of allylic oxidation sites excluding steroid dienone is 4. The molecule has 0 radical (unpaired) electrons. The fourth-order valence-electron chi connectivity index (χ4n) is 3.14. The Hall–Kier alpha value is -2.28. The molecule has 1 heteroatoms. The number of hydrogen-bond donors (Lipinski definition) is 0. The monoisotopic (exact) mass is 320 g/mol. The third kappa shape index (κ3) is 3.97. The van der Waals surface area contributed by atoms with E-state index >= 15 is 0 Å². The molecular weight excluding hydrogens is 292 g/mol. The molecule has 2 aromatic rings. The number of ether oxygens (including phenoxy) is 1. The van der Waals surface area contributed by atoms with Gasteiger partial charge in [0.25, 0.3) is 0 Å². The summed E-state index contributed by atoms with van der Waals surface area (Å²) in [5.41, 5.74) is 9.10. The van der Waals surface area contributed by atoms with Crippen molar-refractivity contribution in [1.82, 2.24) is 0 Å².